The molecule has 0 atom stereocenters. The van der Waals surface area contributed by atoms with Crippen molar-refractivity contribution in [3.8, 4) is 5.75 Å². The van der Waals surface area contributed by atoms with E-state index in [9.17, 15) is 8.78 Å². The SMILES string of the molecule is CCNC(=NCc1cccc(OC(F)F)c1)NCc1ccccc1CN1CCOCC1.I. The molecule has 0 amide bonds. The second-order valence-corrected chi connectivity index (χ2v) is 7.23. The third-order valence-electron chi connectivity index (χ3n) is 4.95. The number of rotatable bonds is 9. The van der Waals surface area contributed by atoms with E-state index in [1.54, 1.807) is 12.1 Å². The summed E-state index contributed by atoms with van der Waals surface area (Å²) < 4.78 is 34.8. The van der Waals surface area contributed by atoms with Crippen molar-refractivity contribution in [1.29, 1.82) is 0 Å². The first-order valence-corrected chi connectivity index (χ1v) is 10.6. The lowest BCUT2D eigenvalue weighted by molar-refractivity contribution is -0.0498. The molecule has 0 unspecified atom stereocenters. The quantitative estimate of drug-likeness (QED) is 0.276. The fourth-order valence-corrected chi connectivity index (χ4v) is 3.40. The van der Waals surface area contributed by atoms with Crippen LogP contribution in [0.1, 0.15) is 23.6 Å². The van der Waals surface area contributed by atoms with Gasteiger partial charge in [0.1, 0.15) is 5.75 Å². The van der Waals surface area contributed by atoms with Crippen LogP contribution in [-0.4, -0.2) is 50.3 Å². The van der Waals surface area contributed by atoms with Gasteiger partial charge in [-0.25, -0.2) is 4.99 Å². The highest BCUT2D eigenvalue weighted by Crippen LogP contribution is 2.17. The van der Waals surface area contributed by atoms with Crippen molar-refractivity contribution in [2.45, 2.75) is 33.2 Å². The Morgan fingerprint density at radius 3 is 2.56 bits per heavy atom. The molecule has 9 heteroatoms. The highest BCUT2D eigenvalue weighted by Gasteiger charge is 2.13. The molecule has 0 radical (unpaired) electrons. The molecular formula is C23H31F2IN4O2. The molecule has 1 heterocycles. The number of ether oxygens (including phenoxy) is 2. The molecule has 0 saturated carbocycles. The molecule has 3 rings (SSSR count). The molecule has 1 saturated heterocycles. The Labute approximate surface area is 205 Å². The molecule has 176 valence electrons. The molecule has 6 nitrogen and oxygen atoms in total. The standard InChI is InChI=1S/C23H30F2N4O2.HI/c1-2-26-23(27-15-18-6-5-9-21(14-18)31-22(24)25)28-16-19-7-3-4-8-20(19)17-29-10-12-30-13-11-29;/h3-9,14,22H,2,10-13,15-17H2,1H3,(H2,26,27,28);1H. The van der Waals surface area contributed by atoms with Crippen molar-refractivity contribution in [3.05, 3.63) is 65.2 Å². The minimum Gasteiger partial charge on any atom is -0.435 e. The van der Waals surface area contributed by atoms with Crippen LogP contribution in [0.3, 0.4) is 0 Å². The Balaban J connectivity index is 0.00000363. The minimum atomic E-state index is -2.84. The normalized spacial score (nSPS) is 14.7. The zero-order valence-electron chi connectivity index (χ0n) is 18.2. The van der Waals surface area contributed by atoms with Crippen LogP contribution in [0, 0.1) is 0 Å². The van der Waals surface area contributed by atoms with Gasteiger partial charge in [-0.15, -0.1) is 24.0 Å². The summed E-state index contributed by atoms with van der Waals surface area (Å²) in [4.78, 5) is 6.99. The molecule has 0 aromatic heterocycles. The van der Waals surface area contributed by atoms with Gasteiger partial charge in [0, 0.05) is 32.7 Å². The third kappa shape index (κ3) is 8.87. The van der Waals surface area contributed by atoms with Gasteiger partial charge in [-0.2, -0.15) is 8.78 Å². The fraction of sp³-hybridized carbons (Fsp3) is 0.435. The van der Waals surface area contributed by atoms with E-state index in [0.29, 0.717) is 19.0 Å². The van der Waals surface area contributed by atoms with E-state index in [-0.39, 0.29) is 29.7 Å². The number of halogens is 3. The summed E-state index contributed by atoms with van der Waals surface area (Å²) in [6.45, 7) is 5.22. The molecule has 0 bridgehead atoms. The van der Waals surface area contributed by atoms with Crippen molar-refractivity contribution < 1.29 is 18.3 Å². The van der Waals surface area contributed by atoms with E-state index in [1.165, 1.54) is 17.2 Å². The minimum absolute atomic E-state index is 0. The summed E-state index contributed by atoms with van der Waals surface area (Å²) in [5.41, 5.74) is 3.29. The first-order valence-electron chi connectivity index (χ1n) is 10.6. The molecule has 1 aliphatic heterocycles. The van der Waals surface area contributed by atoms with Gasteiger partial charge in [0.25, 0.3) is 0 Å². The number of hydrogen-bond donors (Lipinski definition) is 2. The molecule has 2 N–H and O–H groups in total. The Bertz CT molecular complexity index is 848. The van der Waals surface area contributed by atoms with Crippen molar-refractivity contribution in [3.63, 3.8) is 0 Å². The Kier molecular flexibility index (Phi) is 11.7. The van der Waals surface area contributed by atoms with Crippen LogP contribution in [0.4, 0.5) is 8.78 Å². The van der Waals surface area contributed by atoms with Gasteiger partial charge in [0.15, 0.2) is 5.96 Å². The molecule has 0 spiro atoms. The van der Waals surface area contributed by atoms with Crippen LogP contribution in [-0.2, 0) is 24.4 Å². The van der Waals surface area contributed by atoms with Gasteiger partial charge < -0.3 is 20.1 Å². The zero-order chi connectivity index (χ0) is 21.9. The molecule has 0 aliphatic carbocycles. The predicted octanol–water partition coefficient (Wildman–Crippen LogP) is 3.99. The number of alkyl halides is 2. The van der Waals surface area contributed by atoms with Gasteiger partial charge in [-0.3, -0.25) is 4.90 Å². The second-order valence-electron chi connectivity index (χ2n) is 7.23. The molecule has 1 fully saturated rings. The number of hydrogen-bond acceptors (Lipinski definition) is 4. The van der Waals surface area contributed by atoms with Gasteiger partial charge in [-0.05, 0) is 35.7 Å². The van der Waals surface area contributed by atoms with E-state index in [0.717, 1.165) is 45.0 Å². The van der Waals surface area contributed by atoms with Gasteiger partial charge in [-0.1, -0.05) is 36.4 Å². The second kappa shape index (κ2) is 14.2. The molecule has 2 aromatic carbocycles. The molecule has 1 aliphatic rings. The zero-order valence-corrected chi connectivity index (χ0v) is 20.6. The topological polar surface area (TPSA) is 58.1 Å². The number of nitrogens with one attached hydrogen (secondary N) is 2. The van der Waals surface area contributed by atoms with Crippen LogP contribution in [0.5, 0.6) is 5.75 Å². The van der Waals surface area contributed by atoms with Crippen molar-refractivity contribution in [2.24, 2.45) is 4.99 Å². The van der Waals surface area contributed by atoms with Crippen molar-refractivity contribution >= 4 is 29.9 Å². The third-order valence-corrected chi connectivity index (χ3v) is 4.95. The number of morpholine rings is 1. The number of aliphatic imine (C=N–C) groups is 1. The number of nitrogens with zero attached hydrogens (tertiary/aromatic N) is 2. The lowest BCUT2D eigenvalue weighted by Gasteiger charge is -2.27. The Morgan fingerprint density at radius 1 is 1.09 bits per heavy atom. The summed E-state index contributed by atoms with van der Waals surface area (Å²) in [6, 6.07) is 15.0. The van der Waals surface area contributed by atoms with E-state index in [2.05, 4.69) is 43.5 Å². The van der Waals surface area contributed by atoms with Gasteiger partial charge in [0.2, 0.25) is 0 Å². The van der Waals surface area contributed by atoms with E-state index >= 15 is 0 Å². The maximum absolute atomic E-state index is 12.4. The predicted molar refractivity (Wildman–Crippen MR) is 133 cm³/mol. The maximum atomic E-state index is 12.4. The molecular weight excluding hydrogens is 529 g/mol. The van der Waals surface area contributed by atoms with Crippen molar-refractivity contribution in [2.75, 3.05) is 32.8 Å². The monoisotopic (exact) mass is 560 g/mol. The van der Waals surface area contributed by atoms with Crippen LogP contribution in [0.25, 0.3) is 0 Å². The fourth-order valence-electron chi connectivity index (χ4n) is 3.40. The highest BCUT2D eigenvalue weighted by atomic mass is 127. The lowest BCUT2D eigenvalue weighted by Crippen LogP contribution is -2.38. The van der Waals surface area contributed by atoms with E-state index in [1.807, 2.05) is 19.1 Å². The van der Waals surface area contributed by atoms with Crippen LogP contribution >= 0.6 is 24.0 Å². The first-order chi connectivity index (χ1) is 15.1. The Morgan fingerprint density at radius 2 is 1.84 bits per heavy atom. The van der Waals surface area contributed by atoms with Gasteiger partial charge in [0.05, 0.1) is 19.8 Å². The maximum Gasteiger partial charge on any atom is 0.387 e. The largest absolute Gasteiger partial charge is 0.435 e. The molecule has 2 aromatic rings. The summed E-state index contributed by atoms with van der Waals surface area (Å²) in [7, 11) is 0. The average molecular weight is 560 g/mol. The first kappa shape index (κ1) is 26.3. The van der Waals surface area contributed by atoms with Gasteiger partial charge >= 0.3 is 6.61 Å². The number of guanidine groups is 1. The summed E-state index contributed by atoms with van der Waals surface area (Å²) in [6.07, 6.45) is 0. The smallest absolute Gasteiger partial charge is 0.387 e. The Hall–Kier alpha value is -1.98. The summed E-state index contributed by atoms with van der Waals surface area (Å²) >= 11 is 0. The lowest BCUT2D eigenvalue weighted by atomic mass is 10.1. The highest BCUT2D eigenvalue weighted by molar-refractivity contribution is 14.0. The van der Waals surface area contributed by atoms with Crippen LogP contribution < -0.4 is 15.4 Å². The van der Waals surface area contributed by atoms with E-state index in [4.69, 9.17) is 4.74 Å². The number of benzene rings is 2. The van der Waals surface area contributed by atoms with Crippen molar-refractivity contribution in [1.82, 2.24) is 15.5 Å². The van der Waals surface area contributed by atoms with Crippen LogP contribution in [0.15, 0.2) is 53.5 Å². The average Bonchev–Trinajstić information content (AvgIpc) is 2.77. The van der Waals surface area contributed by atoms with Crippen LogP contribution in [0.2, 0.25) is 0 Å². The van der Waals surface area contributed by atoms with E-state index < -0.39 is 6.61 Å². The summed E-state index contributed by atoms with van der Waals surface area (Å²) in [5.74, 6) is 0.807. The molecule has 32 heavy (non-hydrogen) atoms. The summed E-state index contributed by atoms with van der Waals surface area (Å²) in [5, 5.41) is 6.61.